The zero-order chi connectivity index (χ0) is 39.0. The first kappa shape index (κ1) is 43.3. The monoisotopic (exact) mass is 725 g/mol. The van der Waals surface area contributed by atoms with Crippen molar-refractivity contribution in [2.24, 2.45) is 17.6 Å². The fourth-order valence-corrected chi connectivity index (χ4v) is 5.32. The molecule has 0 heterocycles. The number of benzene rings is 2. The van der Waals surface area contributed by atoms with E-state index in [4.69, 9.17) is 15.2 Å². The third kappa shape index (κ3) is 13.7. The molecule has 286 valence electrons. The molecule has 0 aliphatic carbocycles. The molecule has 0 fully saturated rings. The van der Waals surface area contributed by atoms with E-state index in [1.807, 2.05) is 30.3 Å². The Kier molecular flexibility index (Phi) is 17.9. The van der Waals surface area contributed by atoms with Gasteiger partial charge in [-0.25, -0.2) is 14.5 Å². The minimum atomic E-state index is -1.36. The Labute approximate surface area is 306 Å². The molecule has 14 heteroatoms. The highest BCUT2D eigenvalue weighted by molar-refractivity contribution is 5.99. The van der Waals surface area contributed by atoms with Gasteiger partial charge in [0.15, 0.2) is 0 Å². The van der Waals surface area contributed by atoms with Crippen LogP contribution in [0.3, 0.4) is 0 Å². The van der Waals surface area contributed by atoms with Crippen molar-refractivity contribution >= 4 is 35.7 Å². The summed E-state index contributed by atoms with van der Waals surface area (Å²) in [6.07, 6.45) is -1.86. The lowest BCUT2D eigenvalue weighted by molar-refractivity contribution is -0.146. The van der Waals surface area contributed by atoms with Gasteiger partial charge in [-0.1, -0.05) is 88.4 Å². The van der Waals surface area contributed by atoms with E-state index in [0.29, 0.717) is 16.9 Å². The van der Waals surface area contributed by atoms with Crippen molar-refractivity contribution in [3.63, 3.8) is 0 Å². The van der Waals surface area contributed by atoms with E-state index in [-0.39, 0.29) is 37.7 Å². The Morgan fingerprint density at radius 1 is 0.750 bits per heavy atom. The number of nitrogens with two attached hydrogens (primary N) is 1. The average Bonchev–Trinajstić information content (AvgIpc) is 3.12. The number of amides is 5. The number of ether oxygens (including phenoxy) is 2. The van der Waals surface area contributed by atoms with Crippen LogP contribution in [-0.4, -0.2) is 89.1 Å². The number of carbonyl (C=O) groups excluding carboxylic acids is 6. The predicted molar refractivity (Wildman–Crippen MR) is 194 cm³/mol. The SMILES string of the molecule is COC(=O)C(NC(=O)C(NC(=O)CC[C@H](O)[C@H](CCc1ccccc1)NC(=O)[C@H](C)N(C(=O)OCc1ccccc1)C(=O)[C@H](C)N)C(C)C)C(C)C. The maximum Gasteiger partial charge on any atom is 0.417 e. The largest absolute Gasteiger partial charge is 0.467 e. The number of hydrogen-bond acceptors (Lipinski definition) is 10. The molecule has 0 aromatic heterocycles. The second-order valence-corrected chi connectivity index (χ2v) is 13.5. The van der Waals surface area contributed by atoms with Crippen LogP contribution in [0.15, 0.2) is 60.7 Å². The van der Waals surface area contributed by atoms with Gasteiger partial charge in [0, 0.05) is 6.42 Å². The maximum absolute atomic E-state index is 13.6. The number of aryl methyl sites for hydroxylation is 1. The van der Waals surface area contributed by atoms with E-state index in [1.54, 1.807) is 58.0 Å². The van der Waals surface area contributed by atoms with Crippen LogP contribution in [0.5, 0.6) is 0 Å². The number of rotatable bonds is 19. The molecule has 0 saturated carbocycles. The van der Waals surface area contributed by atoms with Crippen molar-refractivity contribution in [1.29, 1.82) is 0 Å². The Bertz CT molecular complexity index is 1470. The third-order valence-corrected chi connectivity index (χ3v) is 8.53. The van der Waals surface area contributed by atoms with Crippen LogP contribution in [0.1, 0.15) is 71.9 Å². The molecule has 5 amide bonds. The molecule has 0 bridgehead atoms. The van der Waals surface area contributed by atoms with Gasteiger partial charge < -0.3 is 36.3 Å². The summed E-state index contributed by atoms with van der Waals surface area (Å²) in [5, 5.41) is 19.4. The van der Waals surface area contributed by atoms with Crippen LogP contribution in [0.4, 0.5) is 4.79 Å². The highest BCUT2D eigenvalue weighted by Crippen LogP contribution is 2.15. The molecule has 6 N–H and O–H groups in total. The number of imide groups is 1. The molecule has 2 aromatic rings. The minimum absolute atomic E-state index is 0.0925. The van der Waals surface area contributed by atoms with Gasteiger partial charge >= 0.3 is 12.1 Å². The molecule has 6 atom stereocenters. The quantitative estimate of drug-likeness (QED) is 0.134. The van der Waals surface area contributed by atoms with Crippen LogP contribution in [0.25, 0.3) is 0 Å². The highest BCUT2D eigenvalue weighted by atomic mass is 16.6. The summed E-state index contributed by atoms with van der Waals surface area (Å²) in [7, 11) is 1.23. The zero-order valence-electron chi connectivity index (χ0n) is 31.2. The maximum atomic E-state index is 13.6. The van der Waals surface area contributed by atoms with Gasteiger partial charge in [0.2, 0.25) is 23.6 Å². The summed E-state index contributed by atoms with van der Waals surface area (Å²) in [6, 6.07) is 12.9. The minimum Gasteiger partial charge on any atom is -0.467 e. The summed E-state index contributed by atoms with van der Waals surface area (Å²) in [5.41, 5.74) is 7.44. The van der Waals surface area contributed by atoms with Crippen molar-refractivity contribution in [3.05, 3.63) is 71.8 Å². The second kappa shape index (κ2) is 21.5. The van der Waals surface area contributed by atoms with Crippen LogP contribution in [0.2, 0.25) is 0 Å². The number of aliphatic hydroxyl groups is 1. The molecule has 0 spiro atoms. The summed E-state index contributed by atoms with van der Waals surface area (Å²) >= 11 is 0. The normalized spacial score (nSPS) is 14.6. The predicted octanol–water partition coefficient (Wildman–Crippen LogP) is 2.60. The van der Waals surface area contributed by atoms with Gasteiger partial charge in [-0.3, -0.25) is 19.2 Å². The van der Waals surface area contributed by atoms with Gasteiger partial charge in [-0.05, 0) is 56.1 Å². The highest BCUT2D eigenvalue weighted by Gasteiger charge is 2.36. The molecule has 0 saturated heterocycles. The fraction of sp³-hybridized carbons (Fsp3) is 0.526. The Morgan fingerprint density at radius 3 is 1.83 bits per heavy atom. The van der Waals surface area contributed by atoms with Gasteiger partial charge in [0.05, 0.1) is 25.3 Å². The molecule has 2 unspecified atom stereocenters. The van der Waals surface area contributed by atoms with Gasteiger partial charge in [0.1, 0.15) is 24.7 Å². The van der Waals surface area contributed by atoms with Crippen LogP contribution >= 0.6 is 0 Å². The van der Waals surface area contributed by atoms with Crippen molar-refractivity contribution in [1.82, 2.24) is 20.9 Å². The number of nitrogens with zero attached hydrogens (tertiary/aromatic N) is 1. The molecule has 2 aromatic carbocycles. The second-order valence-electron chi connectivity index (χ2n) is 13.5. The topological polar surface area (TPSA) is 206 Å². The molecule has 52 heavy (non-hydrogen) atoms. The van der Waals surface area contributed by atoms with Gasteiger partial charge in [0.25, 0.3) is 0 Å². The van der Waals surface area contributed by atoms with Crippen LogP contribution < -0.4 is 21.7 Å². The standard InChI is InChI=1S/C38H55N5O9/c1-23(2)32(35(47)42-33(24(3)4)37(49)51-7)41-31(45)21-20-30(44)29(19-18-27-14-10-8-11-15-27)40-34(46)26(6)43(36(48)25(5)39)38(50)52-22-28-16-12-9-13-17-28/h8-17,23-26,29-30,32-33,44H,18-22,39H2,1-7H3,(H,40,46)(H,41,45)(H,42,47)/t25-,26-,29-,30-,32?,33?/m0/s1. The number of aliphatic hydroxyl groups excluding tert-OH is 1. The first-order chi connectivity index (χ1) is 24.6. The first-order valence-corrected chi connectivity index (χ1v) is 17.6. The smallest absolute Gasteiger partial charge is 0.417 e. The summed E-state index contributed by atoms with van der Waals surface area (Å²) in [4.78, 5) is 78.9. The molecular formula is C38H55N5O9. The summed E-state index contributed by atoms with van der Waals surface area (Å²) in [6.45, 7) is 9.60. The van der Waals surface area contributed by atoms with E-state index >= 15 is 0 Å². The number of methoxy groups -OCH3 is 1. The number of nitrogens with one attached hydrogen (secondary N) is 3. The van der Waals surface area contributed by atoms with Crippen molar-refractivity contribution in [3.8, 4) is 0 Å². The Balaban J connectivity index is 2.19. The molecule has 0 aliphatic rings. The molecule has 14 nitrogen and oxygen atoms in total. The van der Waals surface area contributed by atoms with E-state index < -0.39 is 72.0 Å². The summed E-state index contributed by atoms with van der Waals surface area (Å²) in [5.74, 6) is -3.84. The lowest BCUT2D eigenvalue weighted by Crippen LogP contribution is -2.57. The fourth-order valence-electron chi connectivity index (χ4n) is 5.32. The Hall–Kier alpha value is -4.82. The summed E-state index contributed by atoms with van der Waals surface area (Å²) < 4.78 is 10.2. The van der Waals surface area contributed by atoms with Crippen molar-refractivity contribution in [2.75, 3.05) is 7.11 Å². The molecule has 0 aliphatic heterocycles. The molecule has 2 rings (SSSR count). The number of hydrogen-bond donors (Lipinski definition) is 5. The average molecular weight is 726 g/mol. The molecular weight excluding hydrogens is 670 g/mol. The van der Waals surface area contributed by atoms with E-state index in [9.17, 15) is 33.9 Å². The molecule has 0 radical (unpaired) electrons. The number of esters is 1. The van der Waals surface area contributed by atoms with Gasteiger partial charge in [-0.2, -0.15) is 0 Å². The van der Waals surface area contributed by atoms with Crippen LogP contribution in [-0.2, 0) is 46.5 Å². The number of carbonyl (C=O) groups is 6. The van der Waals surface area contributed by atoms with Crippen molar-refractivity contribution in [2.45, 2.75) is 110 Å². The van der Waals surface area contributed by atoms with E-state index in [2.05, 4.69) is 16.0 Å². The Morgan fingerprint density at radius 2 is 1.31 bits per heavy atom. The van der Waals surface area contributed by atoms with E-state index in [1.165, 1.54) is 21.0 Å². The van der Waals surface area contributed by atoms with Crippen molar-refractivity contribution < 1.29 is 43.3 Å². The van der Waals surface area contributed by atoms with E-state index in [0.717, 1.165) is 5.56 Å². The lowest BCUT2D eigenvalue weighted by Gasteiger charge is -2.30. The zero-order valence-corrected chi connectivity index (χ0v) is 31.2. The van der Waals surface area contributed by atoms with Gasteiger partial charge in [-0.15, -0.1) is 0 Å². The van der Waals surface area contributed by atoms with Crippen LogP contribution in [0, 0.1) is 11.8 Å². The lowest BCUT2D eigenvalue weighted by atomic mass is 9.97. The first-order valence-electron chi connectivity index (χ1n) is 17.6. The third-order valence-electron chi connectivity index (χ3n) is 8.53.